The fourth-order valence-corrected chi connectivity index (χ4v) is 2.16. The summed E-state index contributed by atoms with van der Waals surface area (Å²) in [5.74, 6) is -0.0242. The van der Waals surface area contributed by atoms with Gasteiger partial charge in [0.25, 0.3) is 0 Å². The zero-order valence-corrected chi connectivity index (χ0v) is 10.8. The fourth-order valence-electron chi connectivity index (χ4n) is 1.41. The van der Waals surface area contributed by atoms with E-state index in [2.05, 4.69) is 16.7 Å². The lowest BCUT2D eigenvalue weighted by Crippen LogP contribution is -2.33. The molecule has 0 saturated carbocycles. The van der Waals surface area contributed by atoms with Crippen LogP contribution >= 0.6 is 11.3 Å². The molecular weight excluding hydrogens is 236 g/mol. The van der Waals surface area contributed by atoms with Crippen molar-refractivity contribution in [3.63, 3.8) is 0 Å². The average molecular weight is 254 g/mol. The first-order valence-corrected chi connectivity index (χ1v) is 6.60. The van der Waals surface area contributed by atoms with Crippen LogP contribution in [0.15, 0.2) is 17.5 Å². The standard InChI is InChI=1S/C12H18N2O2S/c1-10(15)13-7-8-14-12(16)6-2-4-11-5-3-9-17-11/h3,5,9H,2,4,6-8H2,1H3,(H,13,15)(H,14,16). The van der Waals surface area contributed by atoms with Crippen molar-refractivity contribution in [2.75, 3.05) is 13.1 Å². The van der Waals surface area contributed by atoms with Gasteiger partial charge in [0.05, 0.1) is 0 Å². The normalized spacial score (nSPS) is 9.94. The number of aryl methyl sites for hydroxylation is 1. The second kappa shape index (κ2) is 7.84. The Labute approximate surface area is 105 Å². The number of nitrogens with one attached hydrogen (secondary N) is 2. The van der Waals surface area contributed by atoms with E-state index in [0.29, 0.717) is 19.5 Å². The van der Waals surface area contributed by atoms with Crippen molar-refractivity contribution in [2.45, 2.75) is 26.2 Å². The minimum Gasteiger partial charge on any atom is -0.355 e. The summed E-state index contributed by atoms with van der Waals surface area (Å²) in [6, 6.07) is 4.10. The highest BCUT2D eigenvalue weighted by Gasteiger charge is 2.01. The van der Waals surface area contributed by atoms with E-state index in [1.54, 1.807) is 11.3 Å². The molecule has 17 heavy (non-hydrogen) atoms. The van der Waals surface area contributed by atoms with Crippen LogP contribution in [-0.2, 0) is 16.0 Å². The van der Waals surface area contributed by atoms with Crippen LogP contribution in [0.4, 0.5) is 0 Å². The molecular formula is C12H18N2O2S. The van der Waals surface area contributed by atoms with E-state index in [1.807, 2.05) is 11.4 Å². The quantitative estimate of drug-likeness (QED) is 0.721. The average Bonchev–Trinajstić information content (AvgIpc) is 2.77. The van der Waals surface area contributed by atoms with Gasteiger partial charge >= 0.3 is 0 Å². The van der Waals surface area contributed by atoms with E-state index < -0.39 is 0 Å². The number of hydrogen-bond acceptors (Lipinski definition) is 3. The Bertz CT molecular complexity index is 349. The maximum atomic E-state index is 11.4. The molecule has 0 unspecified atom stereocenters. The van der Waals surface area contributed by atoms with Gasteiger partial charge in [0, 0.05) is 31.3 Å². The molecule has 0 radical (unpaired) electrons. The molecule has 0 fully saturated rings. The predicted molar refractivity (Wildman–Crippen MR) is 69.0 cm³/mol. The number of carbonyl (C=O) groups excluding carboxylic acids is 2. The third kappa shape index (κ3) is 6.73. The van der Waals surface area contributed by atoms with E-state index >= 15 is 0 Å². The van der Waals surface area contributed by atoms with Gasteiger partial charge in [-0.25, -0.2) is 0 Å². The third-order valence-corrected chi connectivity index (χ3v) is 3.16. The summed E-state index contributed by atoms with van der Waals surface area (Å²) in [6.45, 7) is 2.45. The summed E-state index contributed by atoms with van der Waals surface area (Å²) in [7, 11) is 0. The highest BCUT2D eigenvalue weighted by molar-refractivity contribution is 7.09. The van der Waals surface area contributed by atoms with E-state index in [9.17, 15) is 9.59 Å². The van der Waals surface area contributed by atoms with Gasteiger partial charge in [-0.3, -0.25) is 9.59 Å². The van der Waals surface area contributed by atoms with Gasteiger partial charge in [-0.15, -0.1) is 11.3 Å². The van der Waals surface area contributed by atoms with Crippen molar-refractivity contribution in [1.29, 1.82) is 0 Å². The van der Waals surface area contributed by atoms with Crippen molar-refractivity contribution in [3.05, 3.63) is 22.4 Å². The fraction of sp³-hybridized carbons (Fsp3) is 0.500. The Morgan fingerprint density at radius 2 is 2.06 bits per heavy atom. The molecule has 1 aromatic rings. The topological polar surface area (TPSA) is 58.2 Å². The number of rotatable bonds is 7. The van der Waals surface area contributed by atoms with Crippen molar-refractivity contribution < 1.29 is 9.59 Å². The molecule has 1 rings (SSSR count). The molecule has 0 atom stereocenters. The molecule has 0 spiro atoms. The smallest absolute Gasteiger partial charge is 0.220 e. The monoisotopic (exact) mass is 254 g/mol. The molecule has 5 heteroatoms. The lowest BCUT2D eigenvalue weighted by molar-refractivity contribution is -0.122. The Balaban J connectivity index is 1.99. The summed E-state index contributed by atoms with van der Waals surface area (Å²) in [5.41, 5.74) is 0. The minimum absolute atomic E-state index is 0.0481. The Morgan fingerprint density at radius 3 is 2.71 bits per heavy atom. The summed E-state index contributed by atoms with van der Waals surface area (Å²) in [6.07, 6.45) is 2.36. The van der Waals surface area contributed by atoms with Crippen molar-refractivity contribution in [3.8, 4) is 0 Å². The molecule has 0 saturated heterocycles. The molecule has 4 nitrogen and oxygen atoms in total. The van der Waals surface area contributed by atoms with Gasteiger partial charge in [0.1, 0.15) is 0 Å². The summed E-state index contributed by atoms with van der Waals surface area (Å²) >= 11 is 1.72. The zero-order chi connectivity index (χ0) is 12.5. The first-order valence-electron chi connectivity index (χ1n) is 5.72. The van der Waals surface area contributed by atoms with Crippen molar-refractivity contribution in [1.82, 2.24) is 10.6 Å². The molecule has 2 N–H and O–H groups in total. The second-order valence-electron chi connectivity index (χ2n) is 3.77. The van der Waals surface area contributed by atoms with Crippen molar-refractivity contribution in [2.24, 2.45) is 0 Å². The maximum absolute atomic E-state index is 11.4. The molecule has 1 heterocycles. The third-order valence-electron chi connectivity index (χ3n) is 2.23. The van der Waals surface area contributed by atoms with Gasteiger partial charge in [-0.2, -0.15) is 0 Å². The van der Waals surface area contributed by atoms with Gasteiger partial charge in [-0.05, 0) is 24.3 Å². The van der Waals surface area contributed by atoms with E-state index in [-0.39, 0.29) is 11.8 Å². The second-order valence-corrected chi connectivity index (χ2v) is 4.80. The highest BCUT2D eigenvalue weighted by atomic mass is 32.1. The van der Waals surface area contributed by atoms with Crippen molar-refractivity contribution >= 4 is 23.2 Å². The number of carbonyl (C=O) groups is 2. The molecule has 1 aromatic heterocycles. The Hall–Kier alpha value is -1.36. The molecule has 0 aromatic carbocycles. The summed E-state index contributed by atoms with van der Waals surface area (Å²) in [4.78, 5) is 23.3. The molecule has 0 bridgehead atoms. The number of thiophene rings is 1. The first-order chi connectivity index (χ1) is 8.18. The van der Waals surface area contributed by atoms with E-state index in [1.165, 1.54) is 11.8 Å². The van der Waals surface area contributed by atoms with Crippen LogP contribution in [0, 0.1) is 0 Å². The zero-order valence-electron chi connectivity index (χ0n) is 9.99. The predicted octanol–water partition coefficient (Wildman–Crippen LogP) is 1.32. The van der Waals surface area contributed by atoms with Gasteiger partial charge in [-0.1, -0.05) is 6.07 Å². The van der Waals surface area contributed by atoms with E-state index in [0.717, 1.165) is 12.8 Å². The maximum Gasteiger partial charge on any atom is 0.220 e. The van der Waals surface area contributed by atoms with E-state index in [4.69, 9.17) is 0 Å². The van der Waals surface area contributed by atoms with Crippen LogP contribution in [0.5, 0.6) is 0 Å². The lowest BCUT2D eigenvalue weighted by Gasteiger charge is -2.05. The number of amides is 2. The van der Waals surface area contributed by atoms with Crippen LogP contribution in [0.25, 0.3) is 0 Å². The Kier molecular flexibility index (Phi) is 6.32. The number of hydrogen-bond donors (Lipinski definition) is 2. The highest BCUT2D eigenvalue weighted by Crippen LogP contribution is 2.11. The SMILES string of the molecule is CC(=O)NCCNC(=O)CCCc1cccs1. The molecule has 0 aliphatic heterocycles. The first kappa shape index (κ1) is 13.7. The molecule has 2 amide bonds. The van der Waals surface area contributed by atoms with Gasteiger partial charge < -0.3 is 10.6 Å². The summed E-state index contributed by atoms with van der Waals surface area (Å²) < 4.78 is 0. The molecule has 0 aliphatic rings. The van der Waals surface area contributed by atoms with Crippen LogP contribution in [0.2, 0.25) is 0 Å². The van der Waals surface area contributed by atoms with Crippen LogP contribution in [-0.4, -0.2) is 24.9 Å². The van der Waals surface area contributed by atoms with Gasteiger partial charge in [0.2, 0.25) is 11.8 Å². The Morgan fingerprint density at radius 1 is 1.29 bits per heavy atom. The van der Waals surface area contributed by atoms with Crippen LogP contribution < -0.4 is 10.6 Å². The van der Waals surface area contributed by atoms with Crippen LogP contribution in [0.1, 0.15) is 24.6 Å². The largest absolute Gasteiger partial charge is 0.355 e. The van der Waals surface area contributed by atoms with Crippen LogP contribution in [0.3, 0.4) is 0 Å². The minimum atomic E-state index is -0.0723. The summed E-state index contributed by atoms with van der Waals surface area (Å²) in [5, 5.41) is 7.44. The van der Waals surface area contributed by atoms with Gasteiger partial charge in [0.15, 0.2) is 0 Å². The molecule has 94 valence electrons. The molecule has 0 aliphatic carbocycles. The lowest BCUT2D eigenvalue weighted by atomic mass is 10.2.